The second-order valence-electron chi connectivity index (χ2n) is 6.63. The minimum Gasteiger partial charge on any atom is -0.314 e. The maximum Gasteiger partial charge on any atom is 0.419 e. The smallest absolute Gasteiger partial charge is 0.314 e. The summed E-state index contributed by atoms with van der Waals surface area (Å²) in [6.07, 6.45) is -0.0184. The first-order valence-electron chi connectivity index (χ1n) is 8.25. The predicted octanol–water partition coefficient (Wildman–Crippen LogP) is 3.81. The van der Waals surface area contributed by atoms with Crippen molar-refractivity contribution in [1.82, 2.24) is 10.2 Å². The van der Waals surface area contributed by atoms with E-state index < -0.39 is 17.6 Å². The highest BCUT2D eigenvalue weighted by Crippen LogP contribution is 2.32. The van der Waals surface area contributed by atoms with Crippen LogP contribution in [0.2, 0.25) is 0 Å². The average molecular weight is 330 g/mol. The molecule has 2 heterocycles. The van der Waals surface area contributed by atoms with Crippen molar-refractivity contribution < 1.29 is 17.6 Å². The summed E-state index contributed by atoms with van der Waals surface area (Å²) in [5.41, 5.74) is -0.642. The Kier molecular flexibility index (Phi) is 4.92. The summed E-state index contributed by atoms with van der Waals surface area (Å²) in [6, 6.07) is 3.93. The molecule has 0 saturated carbocycles. The number of nitrogens with one attached hydrogen (secondary N) is 1. The number of halogens is 4. The maximum atomic E-state index is 13.3. The first-order chi connectivity index (χ1) is 10.9. The van der Waals surface area contributed by atoms with Gasteiger partial charge in [-0.05, 0) is 68.9 Å². The van der Waals surface area contributed by atoms with E-state index in [1.807, 2.05) is 0 Å². The molecule has 2 aliphatic rings. The zero-order valence-electron chi connectivity index (χ0n) is 13.0. The minimum absolute atomic E-state index is 0.453. The molecular formula is C17H22F4N2. The fraction of sp³-hybridized carbons (Fsp3) is 0.647. The summed E-state index contributed by atoms with van der Waals surface area (Å²) < 4.78 is 51.6. The van der Waals surface area contributed by atoms with Gasteiger partial charge in [0, 0.05) is 12.6 Å². The number of nitrogens with zero attached hydrogens (tertiary/aromatic N) is 1. The predicted molar refractivity (Wildman–Crippen MR) is 80.4 cm³/mol. The number of alkyl halides is 3. The van der Waals surface area contributed by atoms with Crippen LogP contribution in [0, 0.1) is 11.7 Å². The van der Waals surface area contributed by atoms with E-state index in [4.69, 9.17) is 0 Å². The summed E-state index contributed by atoms with van der Waals surface area (Å²) in [7, 11) is 0. The lowest BCUT2D eigenvalue weighted by Gasteiger charge is -2.35. The molecule has 128 valence electrons. The Morgan fingerprint density at radius 1 is 1.13 bits per heavy atom. The Bertz CT molecular complexity index is 530. The lowest BCUT2D eigenvalue weighted by atomic mass is 9.88. The molecular weight excluding hydrogens is 308 g/mol. The molecule has 2 nitrogen and oxygen atoms in total. The van der Waals surface area contributed by atoms with E-state index >= 15 is 0 Å². The summed E-state index contributed by atoms with van der Waals surface area (Å²) in [4.78, 5) is 2.17. The highest BCUT2D eigenvalue weighted by molar-refractivity contribution is 5.27. The second-order valence-corrected chi connectivity index (χ2v) is 6.63. The summed E-state index contributed by atoms with van der Waals surface area (Å²) in [6.45, 7) is 3.33. The van der Waals surface area contributed by atoms with Crippen molar-refractivity contribution in [2.45, 2.75) is 44.4 Å². The van der Waals surface area contributed by atoms with E-state index in [0.29, 0.717) is 24.1 Å². The molecule has 1 atom stereocenters. The maximum absolute atomic E-state index is 13.3. The lowest BCUT2D eigenvalue weighted by Crippen LogP contribution is -2.40. The molecule has 1 aromatic rings. The van der Waals surface area contributed by atoms with Gasteiger partial charge < -0.3 is 5.32 Å². The van der Waals surface area contributed by atoms with Crippen molar-refractivity contribution in [2.24, 2.45) is 5.92 Å². The van der Waals surface area contributed by atoms with Crippen molar-refractivity contribution >= 4 is 0 Å². The fourth-order valence-corrected chi connectivity index (χ4v) is 3.77. The third-order valence-corrected chi connectivity index (χ3v) is 5.04. The standard InChI is InChI=1S/C17H22F4N2/c18-15-4-3-12(10-14(15)17(19,20)21)11-23-8-5-13(6-9-23)16-2-1-7-22-16/h3-4,10,13,16,22H,1-2,5-9,11H2. The van der Waals surface area contributed by atoms with E-state index in [-0.39, 0.29) is 0 Å². The zero-order valence-corrected chi connectivity index (χ0v) is 13.0. The van der Waals surface area contributed by atoms with Crippen LogP contribution in [-0.2, 0) is 12.7 Å². The Balaban J connectivity index is 1.58. The topological polar surface area (TPSA) is 15.3 Å². The van der Waals surface area contributed by atoms with Gasteiger partial charge in [-0.1, -0.05) is 6.07 Å². The Hall–Kier alpha value is -1.14. The molecule has 0 radical (unpaired) electrons. The molecule has 0 aromatic heterocycles. The van der Waals surface area contributed by atoms with Gasteiger partial charge in [0.1, 0.15) is 5.82 Å². The van der Waals surface area contributed by atoms with Crippen LogP contribution in [0.15, 0.2) is 18.2 Å². The van der Waals surface area contributed by atoms with Crippen molar-refractivity contribution in [3.8, 4) is 0 Å². The molecule has 6 heteroatoms. The Morgan fingerprint density at radius 3 is 2.48 bits per heavy atom. The molecule has 3 rings (SSSR count). The van der Waals surface area contributed by atoms with Gasteiger partial charge in [0.05, 0.1) is 5.56 Å². The van der Waals surface area contributed by atoms with Gasteiger partial charge in [-0.25, -0.2) is 4.39 Å². The summed E-state index contributed by atoms with van der Waals surface area (Å²) >= 11 is 0. The quantitative estimate of drug-likeness (QED) is 0.848. The van der Waals surface area contributed by atoms with Crippen LogP contribution in [0.3, 0.4) is 0 Å². The van der Waals surface area contributed by atoms with Gasteiger partial charge in [0.2, 0.25) is 0 Å². The van der Waals surface area contributed by atoms with Crippen LogP contribution in [0.4, 0.5) is 17.6 Å². The van der Waals surface area contributed by atoms with E-state index in [0.717, 1.165) is 44.6 Å². The lowest BCUT2D eigenvalue weighted by molar-refractivity contribution is -0.140. The monoisotopic (exact) mass is 330 g/mol. The number of likely N-dealkylation sites (tertiary alicyclic amines) is 1. The van der Waals surface area contributed by atoms with Gasteiger partial charge in [-0.3, -0.25) is 4.90 Å². The van der Waals surface area contributed by atoms with E-state index in [9.17, 15) is 17.6 Å². The van der Waals surface area contributed by atoms with E-state index in [2.05, 4.69) is 10.2 Å². The second kappa shape index (κ2) is 6.77. The number of benzene rings is 1. The number of hydrogen-bond acceptors (Lipinski definition) is 2. The molecule has 0 spiro atoms. The van der Waals surface area contributed by atoms with Crippen LogP contribution in [0.25, 0.3) is 0 Å². The van der Waals surface area contributed by atoms with Gasteiger partial charge >= 0.3 is 6.18 Å². The van der Waals surface area contributed by atoms with Crippen LogP contribution < -0.4 is 5.32 Å². The molecule has 1 aromatic carbocycles. The molecule has 2 saturated heterocycles. The van der Waals surface area contributed by atoms with Crippen LogP contribution in [0.5, 0.6) is 0 Å². The highest BCUT2D eigenvalue weighted by atomic mass is 19.4. The molecule has 2 aliphatic heterocycles. The third-order valence-electron chi connectivity index (χ3n) is 5.04. The van der Waals surface area contributed by atoms with Crippen molar-refractivity contribution in [2.75, 3.05) is 19.6 Å². The van der Waals surface area contributed by atoms with Crippen molar-refractivity contribution in [3.63, 3.8) is 0 Å². The van der Waals surface area contributed by atoms with Crippen LogP contribution >= 0.6 is 0 Å². The first kappa shape index (κ1) is 16.7. The SMILES string of the molecule is Fc1ccc(CN2CCC(C3CCCN3)CC2)cc1C(F)(F)F. The average Bonchev–Trinajstić information content (AvgIpc) is 3.03. The van der Waals surface area contributed by atoms with Crippen LogP contribution in [-0.4, -0.2) is 30.6 Å². The normalized spacial score (nSPS) is 24.3. The highest BCUT2D eigenvalue weighted by Gasteiger charge is 2.34. The fourth-order valence-electron chi connectivity index (χ4n) is 3.77. The van der Waals surface area contributed by atoms with Gasteiger partial charge in [0.15, 0.2) is 0 Å². The molecule has 0 amide bonds. The third kappa shape index (κ3) is 4.04. The zero-order chi connectivity index (χ0) is 16.4. The number of piperidine rings is 1. The Morgan fingerprint density at radius 2 is 1.87 bits per heavy atom. The van der Waals surface area contributed by atoms with E-state index in [1.54, 1.807) is 0 Å². The van der Waals surface area contributed by atoms with Gasteiger partial charge in [-0.2, -0.15) is 13.2 Å². The van der Waals surface area contributed by atoms with Crippen molar-refractivity contribution in [3.05, 3.63) is 35.1 Å². The summed E-state index contributed by atoms with van der Waals surface area (Å²) in [5.74, 6) is -0.528. The molecule has 23 heavy (non-hydrogen) atoms. The molecule has 2 fully saturated rings. The molecule has 0 aliphatic carbocycles. The summed E-state index contributed by atoms with van der Waals surface area (Å²) in [5, 5.41) is 3.54. The molecule has 0 bridgehead atoms. The Labute approximate surface area is 133 Å². The first-order valence-corrected chi connectivity index (χ1v) is 8.25. The van der Waals surface area contributed by atoms with Crippen LogP contribution in [0.1, 0.15) is 36.8 Å². The largest absolute Gasteiger partial charge is 0.419 e. The molecule has 1 unspecified atom stereocenters. The number of hydrogen-bond donors (Lipinski definition) is 1. The van der Waals surface area contributed by atoms with E-state index in [1.165, 1.54) is 18.9 Å². The molecule has 1 N–H and O–H groups in total. The number of rotatable bonds is 3. The van der Waals surface area contributed by atoms with Gasteiger partial charge in [0.25, 0.3) is 0 Å². The van der Waals surface area contributed by atoms with Gasteiger partial charge in [-0.15, -0.1) is 0 Å². The van der Waals surface area contributed by atoms with Crippen molar-refractivity contribution in [1.29, 1.82) is 0 Å². The minimum atomic E-state index is -4.64.